The van der Waals surface area contributed by atoms with E-state index < -0.39 is 0 Å². The molecule has 3 rings (SSSR count). The van der Waals surface area contributed by atoms with E-state index in [-0.39, 0.29) is 0 Å². The topological polar surface area (TPSA) is 31.7 Å². The van der Waals surface area contributed by atoms with Crippen LogP contribution >= 0.6 is 34.9 Å². The summed E-state index contributed by atoms with van der Waals surface area (Å²) in [5.74, 6) is 0. The molecule has 0 radical (unpaired) electrons. The van der Waals surface area contributed by atoms with Gasteiger partial charge >= 0.3 is 0 Å². The van der Waals surface area contributed by atoms with Gasteiger partial charge in [0.1, 0.15) is 13.0 Å². The molecule has 0 aliphatic carbocycles. The summed E-state index contributed by atoms with van der Waals surface area (Å²) >= 11 is 9.09. The summed E-state index contributed by atoms with van der Waals surface area (Å²) in [6, 6.07) is 7.73. The third-order valence-electron chi connectivity index (χ3n) is 2.86. The Kier molecular flexibility index (Phi) is 4.14. The molecular formula is C13H13ClN4S2. The van der Waals surface area contributed by atoms with Crippen molar-refractivity contribution >= 4 is 41.2 Å². The number of hydrogen-bond acceptors (Lipinski definition) is 6. The van der Waals surface area contributed by atoms with E-state index in [1.165, 1.54) is 0 Å². The van der Waals surface area contributed by atoms with Crippen LogP contribution in [0.4, 0.5) is 0 Å². The molecule has 0 amide bonds. The van der Waals surface area contributed by atoms with E-state index in [9.17, 15) is 0 Å². The number of thiazole rings is 1. The van der Waals surface area contributed by atoms with Crippen molar-refractivity contribution in [2.45, 2.75) is 11.3 Å². The molecule has 0 spiro atoms. The molecule has 0 atom stereocenters. The van der Waals surface area contributed by atoms with Crippen LogP contribution in [-0.2, 0) is 0 Å². The van der Waals surface area contributed by atoms with E-state index in [0.29, 0.717) is 0 Å². The summed E-state index contributed by atoms with van der Waals surface area (Å²) in [5, 5.41) is 7.12. The van der Waals surface area contributed by atoms with Crippen LogP contribution < -0.4 is 0 Å². The standard InChI is InChI=1S/C13H13ClN4S2/c1-2-17-8-15-18(9-17)20-13-16-12(7-19-13)10-3-5-11(14)6-4-10/h3-8H,2,9H2,1H3. The second-order valence-electron chi connectivity index (χ2n) is 4.23. The van der Waals surface area contributed by atoms with Crippen LogP contribution in [0.1, 0.15) is 6.92 Å². The number of halogens is 1. The van der Waals surface area contributed by atoms with E-state index in [2.05, 4.69) is 27.3 Å². The molecule has 1 aromatic carbocycles. The van der Waals surface area contributed by atoms with E-state index >= 15 is 0 Å². The average molecular weight is 325 g/mol. The quantitative estimate of drug-likeness (QED) is 0.795. The van der Waals surface area contributed by atoms with Gasteiger partial charge in [0, 0.05) is 34.5 Å². The van der Waals surface area contributed by atoms with Crippen molar-refractivity contribution in [2.75, 3.05) is 13.2 Å². The molecule has 7 heteroatoms. The zero-order valence-corrected chi connectivity index (χ0v) is 13.3. The zero-order valence-electron chi connectivity index (χ0n) is 10.9. The Hall–Kier alpha value is -1.24. The van der Waals surface area contributed by atoms with Gasteiger partial charge in [-0.05, 0) is 19.1 Å². The molecule has 4 nitrogen and oxygen atoms in total. The fourth-order valence-electron chi connectivity index (χ4n) is 1.74. The predicted molar refractivity (Wildman–Crippen MR) is 86.0 cm³/mol. The van der Waals surface area contributed by atoms with Gasteiger partial charge in [-0.25, -0.2) is 9.40 Å². The van der Waals surface area contributed by atoms with Crippen molar-refractivity contribution in [3.63, 3.8) is 0 Å². The zero-order chi connectivity index (χ0) is 13.9. The maximum atomic E-state index is 5.90. The number of benzene rings is 1. The summed E-state index contributed by atoms with van der Waals surface area (Å²) in [4.78, 5) is 6.77. The van der Waals surface area contributed by atoms with Crippen LogP contribution in [0, 0.1) is 0 Å². The van der Waals surface area contributed by atoms with Crippen LogP contribution in [0.3, 0.4) is 0 Å². The number of hydrazone groups is 1. The van der Waals surface area contributed by atoms with Gasteiger partial charge in [0.05, 0.1) is 5.69 Å². The highest BCUT2D eigenvalue weighted by atomic mass is 35.5. The lowest BCUT2D eigenvalue weighted by atomic mass is 10.2. The lowest BCUT2D eigenvalue weighted by Crippen LogP contribution is -2.22. The third kappa shape index (κ3) is 3.08. The number of aromatic nitrogens is 1. The molecule has 2 aromatic rings. The highest BCUT2D eigenvalue weighted by molar-refractivity contribution is 7.98. The van der Waals surface area contributed by atoms with Gasteiger partial charge in [0.2, 0.25) is 0 Å². The molecule has 0 bridgehead atoms. The first-order valence-corrected chi connectivity index (χ1v) is 8.23. The van der Waals surface area contributed by atoms with Crippen LogP contribution in [-0.4, -0.2) is 33.9 Å². The minimum absolute atomic E-state index is 0.740. The average Bonchev–Trinajstić information content (AvgIpc) is 3.09. The fraction of sp³-hybridized carbons (Fsp3) is 0.231. The number of hydrogen-bond donors (Lipinski definition) is 0. The molecule has 2 heterocycles. The monoisotopic (exact) mass is 324 g/mol. The van der Waals surface area contributed by atoms with E-state index in [1.807, 2.05) is 35.0 Å². The third-order valence-corrected chi connectivity index (χ3v) is 4.93. The lowest BCUT2D eigenvalue weighted by Gasteiger charge is -2.14. The Labute approximate surface area is 131 Å². The van der Waals surface area contributed by atoms with E-state index in [1.54, 1.807) is 23.3 Å². The maximum Gasteiger partial charge on any atom is 0.172 e. The first-order chi connectivity index (χ1) is 9.74. The molecule has 0 saturated heterocycles. The summed E-state index contributed by atoms with van der Waals surface area (Å²) in [5.41, 5.74) is 2.06. The van der Waals surface area contributed by atoms with Crippen molar-refractivity contribution in [1.29, 1.82) is 0 Å². The molecule has 0 saturated carbocycles. The minimum atomic E-state index is 0.740. The molecule has 20 heavy (non-hydrogen) atoms. The van der Waals surface area contributed by atoms with Gasteiger partial charge in [-0.3, -0.25) is 0 Å². The fourth-order valence-corrected chi connectivity index (χ4v) is 3.60. The maximum absolute atomic E-state index is 5.90. The molecule has 1 aliphatic heterocycles. The Bertz CT molecular complexity index is 611. The molecule has 1 aromatic heterocycles. The molecule has 104 valence electrons. The Morgan fingerprint density at radius 1 is 1.35 bits per heavy atom. The van der Waals surface area contributed by atoms with Gasteiger partial charge < -0.3 is 4.90 Å². The highest BCUT2D eigenvalue weighted by Crippen LogP contribution is 2.31. The van der Waals surface area contributed by atoms with E-state index in [4.69, 9.17) is 11.6 Å². The summed E-state index contributed by atoms with van der Waals surface area (Å²) in [7, 11) is 0. The van der Waals surface area contributed by atoms with Crippen LogP contribution in [0.2, 0.25) is 5.02 Å². The van der Waals surface area contributed by atoms with Crippen molar-refractivity contribution in [2.24, 2.45) is 5.10 Å². The van der Waals surface area contributed by atoms with Crippen LogP contribution in [0.5, 0.6) is 0 Å². The molecule has 1 aliphatic rings. The lowest BCUT2D eigenvalue weighted by molar-refractivity contribution is 0.370. The smallest absolute Gasteiger partial charge is 0.172 e. The second-order valence-corrected chi connectivity index (χ2v) is 6.77. The van der Waals surface area contributed by atoms with Gasteiger partial charge in [0.25, 0.3) is 0 Å². The Morgan fingerprint density at radius 3 is 2.85 bits per heavy atom. The molecule has 0 fully saturated rings. The van der Waals surface area contributed by atoms with Gasteiger partial charge in [-0.1, -0.05) is 23.7 Å². The predicted octanol–water partition coefficient (Wildman–Crippen LogP) is 4.01. The van der Waals surface area contributed by atoms with Crippen LogP contribution in [0.25, 0.3) is 11.3 Å². The van der Waals surface area contributed by atoms with E-state index in [0.717, 1.165) is 33.8 Å². The Balaban J connectivity index is 1.68. The van der Waals surface area contributed by atoms with Crippen LogP contribution in [0.15, 0.2) is 39.1 Å². The summed E-state index contributed by atoms with van der Waals surface area (Å²) in [6.45, 7) is 3.88. The van der Waals surface area contributed by atoms with Crippen molar-refractivity contribution in [3.05, 3.63) is 34.7 Å². The van der Waals surface area contributed by atoms with Crippen molar-refractivity contribution in [3.8, 4) is 11.3 Å². The molecule has 0 N–H and O–H groups in total. The van der Waals surface area contributed by atoms with Crippen molar-refractivity contribution in [1.82, 2.24) is 14.3 Å². The normalized spacial score (nSPS) is 14.3. The van der Waals surface area contributed by atoms with Gasteiger partial charge in [-0.15, -0.1) is 11.3 Å². The highest BCUT2D eigenvalue weighted by Gasteiger charge is 2.15. The largest absolute Gasteiger partial charge is 0.341 e. The summed E-state index contributed by atoms with van der Waals surface area (Å²) in [6.07, 6.45) is 1.86. The molecule has 0 unspecified atom stereocenters. The first kappa shape index (κ1) is 13.7. The number of nitrogens with zero attached hydrogens (tertiary/aromatic N) is 4. The summed E-state index contributed by atoms with van der Waals surface area (Å²) < 4.78 is 2.93. The second kappa shape index (κ2) is 6.03. The molecular weight excluding hydrogens is 312 g/mol. The minimum Gasteiger partial charge on any atom is -0.341 e. The van der Waals surface area contributed by atoms with Crippen molar-refractivity contribution < 1.29 is 0 Å². The first-order valence-electron chi connectivity index (χ1n) is 6.19. The van der Waals surface area contributed by atoms with Gasteiger partial charge in [0.15, 0.2) is 4.34 Å². The van der Waals surface area contributed by atoms with Gasteiger partial charge in [-0.2, -0.15) is 5.10 Å². The Morgan fingerprint density at radius 2 is 2.15 bits per heavy atom. The SMILES string of the molecule is CCN1C=NN(Sc2nc(-c3ccc(Cl)cc3)cs2)C1. The number of rotatable bonds is 4.